The zero-order valence-corrected chi connectivity index (χ0v) is 20.2. The van der Waals surface area contributed by atoms with Crippen molar-refractivity contribution in [3.63, 3.8) is 0 Å². The summed E-state index contributed by atoms with van der Waals surface area (Å²) in [6, 6.07) is 19.5. The van der Waals surface area contributed by atoms with Gasteiger partial charge in [-0.25, -0.2) is 4.39 Å². The highest BCUT2D eigenvalue weighted by molar-refractivity contribution is 6.46. The van der Waals surface area contributed by atoms with E-state index >= 15 is 0 Å². The van der Waals surface area contributed by atoms with Crippen LogP contribution < -0.4 is 4.74 Å². The largest absolute Gasteiger partial charge is 0.507 e. The molecule has 0 saturated carbocycles. The first kappa shape index (κ1) is 25.1. The molecule has 1 atom stereocenters. The lowest BCUT2D eigenvalue weighted by molar-refractivity contribution is -0.140. The Bertz CT molecular complexity index is 1280. The van der Waals surface area contributed by atoms with Gasteiger partial charge in [-0.15, -0.1) is 0 Å². The van der Waals surface area contributed by atoms with Crippen molar-refractivity contribution in [1.29, 1.82) is 0 Å². The Morgan fingerprint density at radius 1 is 1.03 bits per heavy atom. The molecular formula is C29H28FNO5. The van der Waals surface area contributed by atoms with Crippen LogP contribution in [0.1, 0.15) is 34.7 Å². The Labute approximate surface area is 209 Å². The van der Waals surface area contributed by atoms with Crippen LogP contribution >= 0.6 is 0 Å². The number of benzene rings is 3. The molecule has 4 rings (SSSR count). The van der Waals surface area contributed by atoms with E-state index in [-0.39, 0.29) is 23.4 Å². The summed E-state index contributed by atoms with van der Waals surface area (Å²) in [5, 5.41) is 11.1. The molecular weight excluding hydrogens is 461 g/mol. The van der Waals surface area contributed by atoms with Crippen LogP contribution in [0.2, 0.25) is 0 Å². The summed E-state index contributed by atoms with van der Waals surface area (Å²) in [5.41, 5.74) is 2.50. The van der Waals surface area contributed by atoms with Crippen LogP contribution in [-0.4, -0.2) is 42.0 Å². The number of hydrogen-bond acceptors (Lipinski definition) is 5. The predicted octanol–water partition coefficient (Wildman–Crippen LogP) is 5.17. The van der Waals surface area contributed by atoms with Crippen LogP contribution in [-0.2, 0) is 20.9 Å². The molecule has 7 heteroatoms. The highest BCUT2D eigenvalue weighted by Crippen LogP contribution is 2.40. The molecule has 0 bridgehead atoms. The second-order valence-electron chi connectivity index (χ2n) is 8.66. The number of rotatable bonds is 9. The van der Waals surface area contributed by atoms with E-state index < -0.39 is 23.5 Å². The van der Waals surface area contributed by atoms with Gasteiger partial charge in [-0.1, -0.05) is 48.0 Å². The van der Waals surface area contributed by atoms with E-state index in [0.29, 0.717) is 30.9 Å². The van der Waals surface area contributed by atoms with Crippen molar-refractivity contribution in [1.82, 2.24) is 4.90 Å². The third-order valence-electron chi connectivity index (χ3n) is 6.10. The van der Waals surface area contributed by atoms with Gasteiger partial charge in [-0.3, -0.25) is 9.59 Å². The minimum absolute atomic E-state index is 0.143. The smallest absolute Gasteiger partial charge is 0.295 e. The van der Waals surface area contributed by atoms with Crippen LogP contribution in [0.25, 0.3) is 5.76 Å². The summed E-state index contributed by atoms with van der Waals surface area (Å²) < 4.78 is 25.7. The van der Waals surface area contributed by atoms with E-state index in [2.05, 4.69) is 0 Å². The van der Waals surface area contributed by atoms with Gasteiger partial charge in [0.05, 0.1) is 11.6 Å². The number of carbonyl (C=O) groups excluding carboxylic acids is 2. The summed E-state index contributed by atoms with van der Waals surface area (Å²) in [7, 11) is 1.54. The van der Waals surface area contributed by atoms with Gasteiger partial charge >= 0.3 is 0 Å². The van der Waals surface area contributed by atoms with E-state index in [1.165, 1.54) is 30.2 Å². The molecule has 3 aromatic rings. The first-order chi connectivity index (χ1) is 17.4. The Morgan fingerprint density at radius 3 is 2.47 bits per heavy atom. The minimum atomic E-state index is -1.04. The van der Waals surface area contributed by atoms with Crippen molar-refractivity contribution >= 4 is 17.4 Å². The maximum atomic E-state index is 14.8. The number of aliphatic hydroxyl groups is 1. The number of carbonyl (C=O) groups is 2. The third kappa shape index (κ3) is 5.31. The molecule has 0 aliphatic carbocycles. The number of amides is 1. The number of likely N-dealkylation sites (tertiary alicyclic amines) is 1. The van der Waals surface area contributed by atoms with Gasteiger partial charge in [0.15, 0.2) is 0 Å². The molecule has 36 heavy (non-hydrogen) atoms. The number of aliphatic hydroxyl groups excluding tert-OH is 1. The van der Waals surface area contributed by atoms with Crippen molar-refractivity contribution in [2.45, 2.75) is 26.0 Å². The number of nitrogens with zero attached hydrogens (tertiary/aromatic N) is 1. The fraction of sp³-hybridized carbons (Fsp3) is 0.241. The molecule has 186 valence electrons. The minimum Gasteiger partial charge on any atom is -0.507 e. The zero-order chi connectivity index (χ0) is 25.7. The Morgan fingerprint density at radius 2 is 1.78 bits per heavy atom. The summed E-state index contributed by atoms with van der Waals surface area (Å²) in [5.74, 6) is -1.97. The second-order valence-corrected chi connectivity index (χ2v) is 8.66. The van der Waals surface area contributed by atoms with Crippen LogP contribution in [0.15, 0.2) is 78.4 Å². The summed E-state index contributed by atoms with van der Waals surface area (Å²) in [6.07, 6.45) is 0.460. The Balaban J connectivity index is 1.64. The third-order valence-corrected chi connectivity index (χ3v) is 6.10. The molecule has 3 aromatic carbocycles. The van der Waals surface area contributed by atoms with E-state index in [0.717, 1.165) is 11.1 Å². The first-order valence-electron chi connectivity index (χ1n) is 11.7. The maximum absolute atomic E-state index is 14.8. The number of Topliss-reactive ketones (excluding diaryl/α,β-unsaturated/α-hetero) is 1. The van der Waals surface area contributed by atoms with Gasteiger partial charge in [-0.2, -0.15) is 0 Å². The van der Waals surface area contributed by atoms with Gasteiger partial charge < -0.3 is 19.5 Å². The number of halogens is 1. The van der Waals surface area contributed by atoms with Crippen molar-refractivity contribution in [2.75, 3.05) is 20.3 Å². The maximum Gasteiger partial charge on any atom is 0.295 e. The van der Waals surface area contributed by atoms with Crippen molar-refractivity contribution < 1.29 is 28.6 Å². The van der Waals surface area contributed by atoms with Gasteiger partial charge in [0, 0.05) is 31.4 Å². The molecule has 0 aromatic heterocycles. The van der Waals surface area contributed by atoms with E-state index in [9.17, 15) is 19.1 Å². The Kier molecular flexibility index (Phi) is 7.80. The zero-order valence-electron chi connectivity index (χ0n) is 20.2. The van der Waals surface area contributed by atoms with Crippen LogP contribution in [0.4, 0.5) is 4.39 Å². The number of methoxy groups -OCH3 is 1. The molecule has 1 fully saturated rings. The van der Waals surface area contributed by atoms with E-state index in [1.807, 2.05) is 31.2 Å². The van der Waals surface area contributed by atoms with Crippen molar-refractivity contribution in [2.24, 2.45) is 0 Å². The van der Waals surface area contributed by atoms with Crippen LogP contribution in [0.5, 0.6) is 5.75 Å². The normalized spacial score (nSPS) is 17.0. The number of hydrogen-bond donors (Lipinski definition) is 1. The van der Waals surface area contributed by atoms with Gasteiger partial charge in [0.25, 0.3) is 11.7 Å². The predicted molar refractivity (Wildman–Crippen MR) is 134 cm³/mol. The van der Waals surface area contributed by atoms with Gasteiger partial charge in [0.1, 0.15) is 23.9 Å². The summed E-state index contributed by atoms with van der Waals surface area (Å²) >= 11 is 0. The highest BCUT2D eigenvalue weighted by atomic mass is 19.1. The molecule has 1 N–H and O–H groups in total. The van der Waals surface area contributed by atoms with Crippen LogP contribution in [0, 0.1) is 12.7 Å². The molecule has 1 aliphatic heterocycles. The van der Waals surface area contributed by atoms with E-state index in [1.54, 1.807) is 30.3 Å². The second kappa shape index (κ2) is 11.2. The van der Waals surface area contributed by atoms with Gasteiger partial charge in [-0.05, 0) is 49.2 Å². The average Bonchev–Trinajstić information content (AvgIpc) is 3.13. The number of ketones is 1. The highest BCUT2D eigenvalue weighted by Gasteiger charge is 2.46. The summed E-state index contributed by atoms with van der Waals surface area (Å²) in [4.78, 5) is 27.2. The van der Waals surface area contributed by atoms with Crippen molar-refractivity contribution in [3.05, 3.63) is 106 Å². The SMILES string of the molecule is COCCCN1C(=O)C(=O)/C(=C(/O)c2ccc(OCc3cccc(C)c3)cc2)[C@H]1c1ccccc1F. The van der Waals surface area contributed by atoms with Crippen molar-refractivity contribution in [3.8, 4) is 5.75 Å². The average molecular weight is 490 g/mol. The summed E-state index contributed by atoms with van der Waals surface area (Å²) in [6.45, 7) is 2.95. The lowest BCUT2D eigenvalue weighted by Gasteiger charge is -2.25. The monoisotopic (exact) mass is 489 g/mol. The molecule has 0 unspecified atom stereocenters. The molecule has 0 radical (unpaired) electrons. The molecule has 1 saturated heterocycles. The first-order valence-corrected chi connectivity index (χ1v) is 11.7. The molecule has 1 amide bonds. The molecule has 0 spiro atoms. The molecule has 1 aliphatic rings. The topological polar surface area (TPSA) is 76.1 Å². The van der Waals surface area contributed by atoms with E-state index in [4.69, 9.17) is 9.47 Å². The quantitative estimate of drug-likeness (QED) is 0.194. The lowest BCUT2D eigenvalue weighted by atomic mass is 9.95. The number of aryl methyl sites for hydroxylation is 1. The lowest BCUT2D eigenvalue weighted by Crippen LogP contribution is -2.31. The Hall–Kier alpha value is -3.97. The fourth-order valence-electron chi connectivity index (χ4n) is 4.34. The van der Waals surface area contributed by atoms with Gasteiger partial charge in [0.2, 0.25) is 0 Å². The fourth-order valence-corrected chi connectivity index (χ4v) is 4.34. The van der Waals surface area contributed by atoms with Crippen LogP contribution in [0.3, 0.4) is 0 Å². The molecule has 6 nitrogen and oxygen atoms in total. The number of ether oxygens (including phenoxy) is 2. The molecule has 1 heterocycles. The standard InChI is InChI=1S/C29H28FNO5/c1-19-7-5-8-20(17-19)18-36-22-13-11-21(12-14-22)27(32)25-26(23-9-3-4-10-24(23)30)31(15-6-16-35-2)29(34)28(25)33/h3-5,7-14,17,26,32H,6,15-16,18H2,1-2H3/b27-25+/t26-/m1/s1.